The van der Waals surface area contributed by atoms with Crippen LogP contribution in [0.5, 0.6) is 0 Å². The normalized spacial score (nSPS) is 10.9. The topological polar surface area (TPSA) is 54.5 Å². The van der Waals surface area contributed by atoms with Gasteiger partial charge < -0.3 is 4.98 Å². The Bertz CT molecular complexity index is 682. The van der Waals surface area contributed by atoms with Gasteiger partial charge in [0.05, 0.1) is 6.33 Å². The van der Waals surface area contributed by atoms with Crippen LogP contribution in [0.3, 0.4) is 0 Å². The van der Waals surface area contributed by atoms with Crippen LogP contribution in [0.2, 0.25) is 0 Å². The Morgan fingerprint density at radius 1 is 1.17 bits per heavy atom. The van der Waals surface area contributed by atoms with Crippen LogP contribution in [0.1, 0.15) is 5.56 Å². The van der Waals surface area contributed by atoms with Crippen LogP contribution in [0.25, 0.3) is 11.2 Å². The molecule has 0 saturated carbocycles. The summed E-state index contributed by atoms with van der Waals surface area (Å²) >= 11 is 1.46. The number of benzene rings is 1. The number of fused-ring (bicyclic) bond motifs is 1. The Morgan fingerprint density at radius 2 is 2.06 bits per heavy atom. The van der Waals surface area contributed by atoms with Crippen molar-refractivity contribution in [2.75, 3.05) is 0 Å². The van der Waals surface area contributed by atoms with Crippen molar-refractivity contribution >= 4 is 22.9 Å². The molecule has 0 spiro atoms. The van der Waals surface area contributed by atoms with Gasteiger partial charge in [0.25, 0.3) is 0 Å². The first-order valence-electron chi connectivity index (χ1n) is 5.35. The van der Waals surface area contributed by atoms with Crippen molar-refractivity contribution in [3.8, 4) is 0 Å². The lowest BCUT2D eigenvalue weighted by Gasteiger charge is -2.02. The molecule has 0 atom stereocenters. The quantitative estimate of drug-likeness (QED) is 0.581. The third-order valence-electron chi connectivity index (χ3n) is 2.51. The first-order valence-corrected chi connectivity index (χ1v) is 6.33. The molecule has 0 radical (unpaired) electrons. The number of hydrogen-bond acceptors (Lipinski definition) is 4. The largest absolute Gasteiger partial charge is 0.341 e. The molecule has 0 aliphatic heterocycles. The minimum atomic E-state index is -0.195. The number of thioether (sulfide) groups is 1. The second-order valence-corrected chi connectivity index (χ2v) is 4.62. The molecule has 1 N–H and O–H groups in total. The zero-order chi connectivity index (χ0) is 12.4. The van der Waals surface area contributed by atoms with E-state index in [1.54, 1.807) is 18.5 Å². The van der Waals surface area contributed by atoms with Gasteiger partial charge in [0.1, 0.15) is 22.7 Å². The zero-order valence-electron chi connectivity index (χ0n) is 9.30. The number of rotatable bonds is 3. The zero-order valence-corrected chi connectivity index (χ0v) is 10.1. The standard InChI is InChI=1S/C12H9FN4S/c13-9-4-2-1-3-8(9)5-18-12-10-11(15-6-14-10)16-7-17-12/h1-4,6-7H,5H2,(H,14,15,16,17). The second kappa shape index (κ2) is 4.73. The molecule has 1 aromatic carbocycles. The monoisotopic (exact) mass is 260 g/mol. The lowest BCUT2D eigenvalue weighted by molar-refractivity contribution is 0.617. The van der Waals surface area contributed by atoms with Gasteiger partial charge in [-0.2, -0.15) is 0 Å². The minimum absolute atomic E-state index is 0.195. The number of hydrogen-bond donors (Lipinski definition) is 1. The van der Waals surface area contributed by atoms with Crippen LogP contribution in [0, 0.1) is 5.82 Å². The summed E-state index contributed by atoms with van der Waals surface area (Å²) in [6.45, 7) is 0. The Hall–Kier alpha value is -1.95. The van der Waals surface area contributed by atoms with E-state index >= 15 is 0 Å². The van der Waals surface area contributed by atoms with E-state index in [1.165, 1.54) is 24.2 Å². The van der Waals surface area contributed by atoms with E-state index in [1.807, 2.05) is 6.07 Å². The molecule has 90 valence electrons. The summed E-state index contributed by atoms with van der Waals surface area (Å²) in [7, 11) is 0. The van der Waals surface area contributed by atoms with Crippen LogP contribution in [-0.4, -0.2) is 19.9 Å². The first-order chi connectivity index (χ1) is 8.84. The van der Waals surface area contributed by atoms with Crippen LogP contribution < -0.4 is 0 Å². The van der Waals surface area contributed by atoms with Crippen LogP contribution in [0.15, 0.2) is 41.9 Å². The van der Waals surface area contributed by atoms with Gasteiger partial charge in [-0.25, -0.2) is 19.3 Å². The lowest BCUT2D eigenvalue weighted by Crippen LogP contribution is -1.89. The minimum Gasteiger partial charge on any atom is -0.341 e. The highest BCUT2D eigenvalue weighted by Gasteiger charge is 2.08. The predicted molar refractivity (Wildman–Crippen MR) is 67.6 cm³/mol. The molecule has 0 saturated heterocycles. The number of aromatic nitrogens is 4. The molecule has 0 unspecified atom stereocenters. The first kappa shape index (κ1) is 11.2. The van der Waals surface area contributed by atoms with Gasteiger partial charge in [0, 0.05) is 5.75 Å². The summed E-state index contributed by atoms with van der Waals surface area (Å²) in [6, 6.07) is 6.74. The predicted octanol–water partition coefficient (Wildman–Crippen LogP) is 2.78. The number of nitrogens with zero attached hydrogens (tertiary/aromatic N) is 3. The average molecular weight is 260 g/mol. The molecule has 2 aromatic heterocycles. The molecule has 0 aliphatic rings. The SMILES string of the molecule is Fc1ccccc1CSc1ncnc2nc[nH]c12. The molecule has 2 heterocycles. The van der Waals surface area contributed by atoms with Crippen molar-refractivity contribution in [2.45, 2.75) is 10.8 Å². The van der Waals surface area contributed by atoms with Crippen molar-refractivity contribution < 1.29 is 4.39 Å². The van der Waals surface area contributed by atoms with Gasteiger partial charge in [0.2, 0.25) is 0 Å². The van der Waals surface area contributed by atoms with E-state index in [9.17, 15) is 4.39 Å². The lowest BCUT2D eigenvalue weighted by atomic mass is 10.2. The second-order valence-electron chi connectivity index (χ2n) is 3.66. The van der Waals surface area contributed by atoms with E-state index in [0.29, 0.717) is 17.0 Å². The summed E-state index contributed by atoms with van der Waals surface area (Å²) in [5.41, 5.74) is 2.08. The third-order valence-corrected chi connectivity index (χ3v) is 3.55. The number of aromatic amines is 1. The molecule has 3 rings (SSSR count). The van der Waals surface area contributed by atoms with Crippen molar-refractivity contribution in [1.82, 2.24) is 19.9 Å². The molecule has 0 amide bonds. The molecule has 3 aromatic rings. The van der Waals surface area contributed by atoms with Crippen molar-refractivity contribution in [3.05, 3.63) is 48.3 Å². The van der Waals surface area contributed by atoms with E-state index in [4.69, 9.17) is 0 Å². The number of H-pyrrole nitrogens is 1. The Labute approximate surface area is 107 Å². The summed E-state index contributed by atoms with van der Waals surface area (Å²) in [5.74, 6) is 0.331. The van der Waals surface area contributed by atoms with E-state index in [-0.39, 0.29) is 5.82 Å². The Kier molecular flexibility index (Phi) is 2.93. The van der Waals surface area contributed by atoms with Gasteiger partial charge >= 0.3 is 0 Å². The summed E-state index contributed by atoms with van der Waals surface area (Å²) in [5, 5.41) is 0.778. The molecule has 0 aliphatic carbocycles. The molecule has 4 nitrogen and oxygen atoms in total. The van der Waals surface area contributed by atoms with Crippen LogP contribution in [-0.2, 0) is 5.75 Å². The summed E-state index contributed by atoms with van der Waals surface area (Å²) in [6.07, 6.45) is 3.04. The van der Waals surface area contributed by atoms with Gasteiger partial charge in [0.15, 0.2) is 5.65 Å². The summed E-state index contributed by atoms with van der Waals surface area (Å²) in [4.78, 5) is 15.3. The highest BCUT2D eigenvalue weighted by Crippen LogP contribution is 2.26. The highest BCUT2D eigenvalue weighted by molar-refractivity contribution is 7.98. The van der Waals surface area contributed by atoms with Gasteiger partial charge in [-0.15, -0.1) is 0 Å². The molecular weight excluding hydrogens is 251 g/mol. The molecule has 0 bridgehead atoms. The maximum atomic E-state index is 13.5. The maximum Gasteiger partial charge on any atom is 0.181 e. The van der Waals surface area contributed by atoms with Crippen molar-refractivity contribution in [1.29, 1.82) is 0 Å². The van der Waals surface area contributed by atoms with E-state index in [2.05, 4.69) is 19.9 Å². The number of imidazole rings is 1. The van der Waals surface area contributed by atoms with Crippen LogP contribution >= 0.6 is 11.8 Å². The summed E-state index contributed by atoms with van der Waals surface area (Å²) < 4.78 is 13.5. The Balaban J connectivity index is 1.85. The number of halogens is 1. The van der Waals surface area contributed by atoms with Gasteiger partial charge in [-0.05, 0) is 11.6 Å². The average Bonchev–Trinajstić information content (AvgIpc) is 2.86. The highest BCUT2D eigenvalue weighted by atomic mass is 32.2. The van der Waals surface area contributed by atoms with Crippen molar-refractivity contribution in [3.63, 3.8) is 0 Å². The van der Waals surface area contributed by atoms with Gasteiger partial charge in [-0.3, -0.25) is 0 Å². The molecule has 6 heteroatoms. The van der Waals surface area contributed by atoms with Crippen LogP contribution in [0.4, 0.5) is 4.39 Å². The third kappa shape index (κ3) is 2.06. The Morgan fingerprint density at radius 3 is 2.94 bits per heavy atom. The van der Waals surface area contributed by atoms with E-state index in [0.717, 1.165) is 10.5 Å². The van der Waals surface area contributed by atoms with Crippen molar-refractivity contribution in [2.24, 2.45) is 0 Å². The fourth-order valence-corrected chi connectivity index (χ4v) is 2.56. The molecule has 18 heavy (non-hydrogen) atoms. The maximum absolute atomic E-state index is 13.5. The number of nitrogens with one attached hydrogen (secondary N) is 1. The smallest absolute Gasteiger partial charge is 0.181 e. The molecule has 0 fully saturated rings. The fourth-order valence-electron chi connectivity index (χ4n) is 1.61. The fraction of sp³-hybridized carbons (Fsp3) is 0.0833. The van der Waals surface area contributed by atoms with Gasteiger partial charge in [-0.1, -0.05) is 30.0 Å². The van der Waals surface area contributed by atoms with E-state index < -0.39 is 0 Å². The molecular formula is C12H9FN4S.